The summed E-state index contributed by atoms with van der Waals surface area (Å²) < 4.78 is 10.7. The molecule has 294 valence electrons. The van der Waals surface area contributed by atoms with Crippen LogP contribution in [0.1, 0.15) is 0 Å². The number of furan rings is 1. The first kappa shape index (κ1) is 35.1. The van der Waals surface area contributed by atoms with Crippen molar-refractivity contribution in [1.29, 1.82) is 0 Å². The van der Waals surface area contributed by atoms with Gasteiger partial charge in [-0.15, -0.1) is 0 Å². The van der Waals surface area contributed by atoms with Gasteiger partial charge in [0.2, 0.25) is 5.95 Å². The molecule has 7 nitrogen and oxygen atoms in total. The average Bonchev–Trinajstić information content (AvgIpc) is 4.01. The number of hydrogen-bond acceptors (Lipinski definition) is 5. The second-order valence-electron chi connectivity index (χ2n) is 15.9. The van der Waals surface area contributed by atoms with Gasteiger partial charge in [-0.2, -0.15) is 0 Å². The minimum atomic E-state index is 0.614. The number of nitrogens with zero attached hydrogens (tertiary/aromatic N) is 6. The fourth-order valence-electron chi connectivity index (χ4n) is 9.31. The molecule has 13 aromatic rings. The summed E-state index contributed by atoms with van der Waals surface area (Å²) in [6.07, 6.45) is 3.64. The molecule has 0 aliphatic heterocycles. The van der Waals surface area contributed by atoms with Gasteiger partial charge in [0, 0.05) is 72.7 Å². The van der Waals surface area contributed by atoms with Crippen LogP contribution >= 0.6 is 0 Å². The standard InChI is InChI=1S/C56H34N6O/c1-3-12-35(13-4-1)48-33-49(36-14-5-2-6-15-36)60-56(59-48)62-51-21-10-7-16-40(51)42-25-22-38(31-53(42)62)47-19-11-18-46(58-47)37-23-26-52-43(30-37)41-17-8-9-20-50(41)61(52)39-24-27-54-44(32-39)45-34-57-29-28-55(45)63-54/h1-34H. The van der Waals surface area contributed by atoms with Crippen molar-refractivity contribution < 1.29 is 4.42 Å². The van der Waals surface area contributed by atoms with E-state index in [0.717, 1.165) is 111 Å². The minimum absolute atomic E-state index is 0.614. The molecule has 13 rings (SSSR count). The van der Waals surface area contributed by atoms with Crippen molar-refractivity contribution >= 4 is 65.6 Å². The Morgan fingerprint density at radius 3 is 1.68 bits per heavy atom. The summed E-state index contributed by atoms with van der Waals surface area (Å²) >= 11 is 0. The topological polar surface area (TPSA) is 74.6 Å². The molecule has 0 fully saturated rings. The maximum Gasteiger partial charge on any atom is 0.235 e. The third-order valence-corrected chi connectivity index (χ3v) is 12.3. The van der Waals surface area contributed by atoms with Crippen LogP contribution in [0.5, 0.6) is 0 Å². The highest BCUT2D eigenvalue weighted by atomic mass is 16.3. The van der Waals surface area contributed by atoms with Crippen LogP contribution in [0.25, 0.3) is 122 Å². The molecule has 6 heterocycles. The number of hydrogen-bond donors (Lipinski definition) is 0. The fourth-order valence-corrected chi connectivity index (χ4v) is 9.31. The Labute approximate surface area is 360 Å². The van der Waals surface area contributed by atoms with Crippen molar-refractivity contribution in [2.45, 2.75) is 0 Å². The zero-order valence-corrected chi connectivity index (χ0v) is 33.7. The summed E-state index contributed by atoms with van der Waals surface area (Å²) in [6, 6.07) is 67.7. The van der Waals surface area contributed by atoms with Gasteiger partial charge in [0.25, 0.3) is 0 Å². The summed E-state index contributed by atoms with van der Waals surface area (Å²) in [4.78, 5) is 20.2. The predicted octanol–water partition coefficient (Wildman–Crippen LogP) is 14.0. The van der Waals surface area contributed by atoms with Gasteiger partial charge in [-0.1, -0.05) is 121 Å². The number of para-hydroxylation sites is 2. The first-order valence-corrected chi connectivity index (χ1v) is 21.0. The average molecular weight is 807 g/mol. The number of pyridine rings is 2. The van der Waals surface area contributed by atoms with E-state index in [2.05, 4.69) is 166 Å². The highest BCUT2D eigenvalue weighted by Crippen LogP contribution is 2.39. The van der Waals surface area contributed by atoms with Gasteiger partial charge >= 0.3 is 0 Å². The normalized spacial score (nSPS) is 11.8. The minimum Gasteiger partial charge on any atom is -0.456 e. The predicted molar refractivity (Wildman–Crippen MR) is 255 cm³/mol. The summed E-state index contributed by atoms with van der Waals surface area (Å²) in [7, 11) is 0. The molecule has 0 spiro atoms. The molecule has 0 radical (unpaired) electrons. The third-order valence-electron chi connectivity index (χ3n) is 12.3. The number of fused-ring (bicyclic) bond motifs is 9. The Hall–Kier alpha value is -8.68. The van der Waals surface area contributed by atoms with Gasteiger partial charge in [-0.3, -0.25) is 9.55 Å². The molecule has 0 bridgehead atoms. The highest BCUT2D eigenvalue weighted by molar-refractivity contribution is 6.12. The lowest BCUT2D eigenvalue weighted by atomic mass is 10.0. The maximum absolute atomic E-state index is 6.14. The van der Waals surface area contributed by atoms with Crippen LogP contribution in [-0.2, 0) is 0 Å². The molecule has 0 saturated heterocycles. The third kappa shape index (κ3) is 5.67. The van der Waals surface area contributed by atoms with Crippen LogP contribution in [0.4, 0.5) is 0 Å². The van der Waals surface area contributed by atoms with Crippen LogP contribution < -0.4 is 0 Å². The van der Waals surface area contributed by atoms with Crippen molar-refractivity contribution in [3.8, 4) is 56.7 Å². The van der Waals surface area contributed by atoms with Gasteiger partial charge in [-0.05, 0) is 72.8 Å². The molecule has 7 aromatic carbocycles. The van der Waals surface area contributed by atoms with E-state index in [0.29, 0.717) is 5.95 Å². The van der Waals surface area contributed by atoms with Crippen LogP contribution in [0, 0.1) is 0 Å². The maximum atomic E-state index is 6.14. The molecular weight excluding hydrogens is 773 g/mol. The summed E-state index contributed by atoms with van der Waals surface area (Å²) in [5.41, 5.74) is 14.7. The zero-order valence-electron chi connectivity index (χ0n) is 33.7. The van der Waals surface area contributed by atoms with E-state index >= 15 is 0 Å². The second-order valence-corrected chi connectivity index (χ2v) is 15.9. The lowest BCUT2D eigenvalue weighted by Crippen LogP contribution is -2.04. The SMILES string of the molecule is c1ccc(-c2cc(-c3ccccc3)nc(-n3c4ccccc4c4ccc(-c5cccc(-c6ccc7c(c6)c6ccccc6n7-c6ccc7oc8ccncc8c7c6)n5)cc43)n2)cc1. The highest BCUT2D eigenvalue weighted by Gasteiger charge is 2.19. The quantitative estimate of drug-likeness (QED) is 0.167. The molecule has 0 N–H and O–H groups in total. The summed E-state index contributed by atoms with van der Waals surface area (Å²) in [5, 5.41) is 6.65. The van der Waals surface area contributed by atoms with Crippen LogP contribution in [-0.4, -0.2) is 29.1 Å². The lowest BCUT2D eigenvalue weighted by molar-refractivity contribution is 0.668. The van der Waals surface area contributed by atoms with Gasteiger partial charge < -0.3 is 8.98 Å². The lowest BCUT2D eigenvalue weighted by Gasteiger charge is -2.12. The van der Waals surface area contributed by atoms with Crippen LogP contribution in [0.3, 0.4) is 0 Å². The molecule has 7 heteroatoms. The smallest absolute Gasteiger partial charge is 0.235 e. The monoisotopic (exact) mass is 806 g/mol. The molecule has 0 unspecified atom stereocenters. The van der Waals surface area contributed by atoms with Crippen LogP contribution in [0.2, 0.25) is 0 Å². The van der Waals surface area contributed by atoms with E-state index in [1.165, 1.54) is 5.39 Å². The molecule has 0 atom stereocenters. The summed E-state index contributed by atoms with van der Waals surface area (Å²) in [5.74, 6) is 0.614. The van der Waals surface area contributed by atoms with E-state index in [9.17, 15) is 0 Å². The Morgan fingerprint density at radius 1 is 0.333 bits per heavy atom. The molecule has 6 aromatic heterocycles. The van der Waals surface area contributed by atoms with Crippen molar-refractivity contribution in [2.75, 3.05) is 0 Å². The first-order chi connectivity index (χ1) is 31.2. The molecule has 0 amide bonds. The Morgan fingerprint density at radius 2 is 0.937 bits per heavy atom. The first-order valence-electron chi connectivity index (χ1n) is 21.0. The Bertz CT molecular complexity index is 3860. The van der Waals surface area contributed by atoms with Crippen molar-refractivity contribution in [2.24, 2.45) is 0 Å². The summed E-state index contributed by atoms with van der Waals surface area (Å²) in [6.45, 7) is 0. The number of rotatable bonds is 6. The molecule has 63 heavy (non-hydrogen) atoms. The molecule has 0 aliphatic carbocycles. The van der Waals surface area contributed by atoms with E-state index in [1.54, 1.807) is 6.20 Å². The molecule has 0 aliphatic rings. The molecular formula is C56H34N6O. The number of aromatic nitrogens is 6. The Kier molecular flexibility index (Phi) is 7.77. The Balaban J connectivity index is 0.942. The fraction of sp³-hybridized carbons (Fsp3) is 0. The second kappa shape index (κ2) is 13.9. The largest absolute Gasteiger partial charge is 0.456 e. The van der Waals surface area contributed by atoms with E-state index < -0.39 is 0 Å². The zero-order chi connectivity index (χ0) is 41.4. The van der Waals surface area contributed by atoms with Gasteiger partial charge in [0.1, 0.15) is 11.2 Å². The van der Waals surface area contributed by atoms with Crippen molar-refractivity contribution in [3.05, 3.63) is 207 Å². The number of benzene rings is 7. The van der Waals surface area contributed by atoms with Gasteiger partial charge in [-0.25, -0.2) is 15.0 Å². The van der Waals surface area contributed by atoms with Gasteiger partial charge in [0.15, 0.2) is 0 Å². The van der Waals surface area contributed by atoms with E-state index in [4.69, 9.17) is 19.4 Å². The van der Waals surface area contributed by atoms with Crippen molar-refractivity contribution in [1.82, 2.24) is 29.1 Å². The van der Waals surface area contributed by atoms with Crippen LogP contribution in [0.15, 0.2) is 211 Å². The van der Waals surface area contributed by atoms with E-state index in [-0.39, 0.29) is 0 Å². The van der Waals surface area contributed by atoms with Gasteiger partial charge in [0.05, 0.1) is 44.8 Å². The van der Waals surface area contributed by atoms with E-state index in [1.807, 2.05) is 48.7 Å². The van der Waals surface area contributed by atoms with Crippen molar-refractivity contribution in [3.63, 3.8) is 0 Å². The molecule has 0 saturated carbocycles.